The number of carbonyl (C=O) groups is 1. The SMILES string of the molecule is O=C(O)c1ccc(CN2CCCCC2CO)s1. The molecule has 0 aromatic carbocycles. The van der Waals surface area contributed by atoms with E-state index in [0.29, 0.717) is 4.88 Å². The summed E-state index contributed by atoms with van der Waals surface area (Å²) >= 11 is 1.32. The van der Waals surface area contributed by atoms with Gasteiger partial charge < -0.3 is 10.2 Å². The Morgan fingerprint density at radius 1 is 1.47 bits per heavy atom. The molecular weight excluding hydrogens is 238 g/mol. The molecule has 4 nitrogen and oxygen atoms in total. The molecule has 5 heteroatoms. The minimum absolute atomic E-state index is 0.192. The normalized spacial score (nSPS) is 21.6. The summed E-state index contributed by atoms with van der Waals surface area (Å²) in [5.74, 6) is -0.862. The van der Waals surface area contributed by atoms with E-state index >= 15 is 0 Å². The highest BCUT2D eigenvalue weighted by molar-refractivity contribution is 7.13. The molecule has 1 atom stereocenters. The van der Waals surface area contributed by atoms with Gasteiger partial charge in [-0.3, -0.25) is 4.90 Å². The van der Waals surface area contributed by atoms with Crippen molar-refractivity contribution in [1.29, 1.82) is 0 Å². The summed E-state index contributed by atoms with van der Waals surface area (Å²) in [5.41, 5.74) is 0. The second-order valence-corrected chi connectivity index (χ2v) is 5.54. The molecule has 1 unspecified atom stereocenters. The van der Waals surface area contributed by atoms with Gasteiger partial charge in [0.25, 0.3) is 0 Å². The molecule has 0 radical (unpaired) electrons. The first-order valence-corrected chi connectivity index (χ1v) is 6.69. The highest BCUT2D eigenvalue weighted by Crippen LogP contribution is 2.23. The van der Waals surface area contributed by atoms with Crippen LogP contribution in [0.3, 0.4) is 0 Å². The zero-order chi connectivity index (χ0) is 12.3. The van der Waals surface area contributed by atoms with E-state index in [9.17, 15) is 9.90 Å². The lowest BCUT2D eigenvalue weighted by Crippen LogP contribution is -2.40. The molecule has 1 fully saturated rings. The minimum atomic E-state index is -0.862. The summed E-state index contributed by atoms with van der Waals surface area (Å²) in [6.07, 6.45) is 3.37. The fourth-order valence-electron chi connectivity index (χ4n) is 2.25. The molecule has 1 saturated heterocycles. The highest BCUT2D eigenvalue weighted by Gasteiger charge is 2.22. The lowest BCUT2D eigenvalue weighted by molar-refractivity contribution is 0.0702. The first-order valence-electron chi connectivity index (χ1n) is 5.87. The second-order valence-electron chi connectivity index (χ2n) is 4.37. The van der Waals surface area contributed by atoms with Gasteiger partial charge in [0.1, 0.15) is 4.88 Å². The van der Waals surface area contributed by atoms with E-state index in [0.717, 1.165) is 30.8 Å². The Balaban J connectivity index is 2.00. The van der Waals surface area contributed by atoms with Crippen LogP contribution in [0.15, 0.2) is 12.1 Å². The van der Waals surface area contributed by atoms with E-state index in [1.54, 1.807) is 6.07 Å². The van der Waals surface area contributed by atoms with E-state index < -0.39 is 5.97 Å². The van der Waals surface area contributed by atoms with Gasteiger partial charge in [-0.05, 0) is 31.5 Å². The third kappa shape index (κ3) is 3.06. The van der Waals surface area contributed by atoms with Crippen molar-refractivity contribution in [1.82, 2.24) is 4.90 Å². The number of aliphatic hydroxyl groups excluding tert-OH is 1. The standard InChI is InChI=1S/C12H17NO3S/c14-8-9-3-1-2-6-13(9)7-10-4-5-11(17-10)12(15)16/h4-5,9,14H,1-3,6-8H2,(H,15,16). The molecule has 2 N–H and O–H groups in total. The number of rotatable bonds is 4. The number of thiophene rings is 1. The third-order valence-electron chi connectivity index (χ3n) is 3.19. The van der Waals surface area contributed by atoms with Crippen molar-refractivity contribution in [3.63, 3.8) is 0 Å². The number of hydrogen-bond donors (Lipinski definition) is 2. The van der Waals surface area contributed by atoms with Gasteiger partial charge in [0.2, 0.25) is 0 Å². The number of carboxylic acids is 1. The lowest BCUT2D eigenvalue weighted by Gasteiger charge is -2.34. The molecule has 0 saturated carbocycles. The van der Waals surface area contributed by atoms with Gasteiger partial charge in [-0.2, -0.15) is 0 Å². The van der Waals surface area contributed by atoms with E-state index in [2.05, 4.69) is 4.90 Å². The monoisotopic (exact) mass is 255 g/mol. The predicted octanol–water partition coefficient (Wildman–Crippen LogP) is 1.79. The van der Waals surface area contributed by atoms with Crippen LogP contribution >= 0.6 is 11.3 Å². The Morgan fingerprint density at radius 3 is 2.94 bits per heavy atom. The first kappa shape index (κ1) is 12.5. The fraction of sp³-hybridized carbons (Fsp3) is 0.583. The van der Waals surface area contributed by atoms with Gasteiger partial charge in [0.05, 0.1) is 6.61 Å². The molecule has 94 valence electrons. The van der Waals surface area contributed by atoms with Gasteiger partial charge in [-0.1, -0.05) is 6.42 Å². The van der Waals surface area contributed by atoms with Crippen LogP contribution in [0.25, 0.3) is 0 Å². The zero-order valence-corrected chi connectivity index (χ0v) is 10.4. The minimum Gasteiger partial charge on any atom is -0.477 e. The Bertz CT molecular complexity index is 391. The molecule has 2 rings (SSSR count). The number of carboxylic acid groups (broad SMARTS) is 1. The van der Waals surface area contributed by atoms with E-state index in [1.165, 1.54) is 17.8 Å². The summed E-state index contributed by atoms with van der Waals surface area (Å²) in [5, 5.41) is 18.2. The van der Waals surface area contributed by atoms with Gasteiger partial charge >= 0.3 is 5.97 Å². The summed E-state index contributed by atoms with van der Waals surface area (Å²) in [7, 11) is 0. The Morgan fingerprint density at radius 2 is 2.29 bits per heavy atom. The number of aromatic carboxylic acids is 1. The number of hydrogen-bond acceptors (Lipinski definition) is 4. The molecule has 0 bridgehead atoms. The van der Waals surface area contributed by atoms with Crippen molar-refractivity contribution >= 4 is 17.3 Å². The van der Waals surface area contributed by atoms with Crippen molar-refractivity contribution in [2.24, 2.45) is 0 Å². The summed E-state index contributed by atoms with van der Waals surface area (Å²) < 4.78 is 0. The second kappa shape index (κ2) is 5.62. The van der Waals surface area contributed by atoms with E-state index in [-0.39, 0.29) is 12.6 Å². The topological polar surface area (TPSA) is 60.8 Å². The molecule has 0 aliphatic carbocycles. The number of nitrogens with zero attached hydrogens (tertiary/aromatic N) is 1. The van der Waals surface area contributed by atoms with Gasteiger partial charge in [0, 0.05) is 17.5 Å². The summed E-state index contributed by atoms with van der Waals surface area (Å²) in [4.78, 5) is 14.5. The van der Waals surface area contributed by atoms with Gasteiger partial charge in [-0.25, -0.2) is 4.79 Å². The van der Waals surface area contributed by atoms with Crippen LogP contribution in [0.2, 0.25) is 0 Å². The molecule has 0 spiro atoms. The lowest BCUT2D eigenvalue weighted by atomic mass is 10.0. The molecule has 2 heterocycles. The maximum absolute atomic E-state index is 10.8. The number of likely N-dealkylation sites (tertiary alicyclic amines) is 1. The Hall–Kier alpha value is -0.910. The average molecular weight is 255 g/mol. The van der Waals surface area contributed by atoms with Crippen molar-refractivity contribution in [3.8, 4) is 0 Å². The van der Waals surface area contributed by atoms with Crippen LogP contribution in [-0.2, 0) is 6.54 Å². The van der Waals surface area contributed by atoms with Crippen molar-refractivity contribution in [2.45, 2.75) is 31.8 Å². The molecule has 1 aliphatic heterocycles. The van der Waals surface area contributed by atoms with Crippen LogP contribution in [0.4, 0.5) is 0 Å². The molecule has 1 aliphatic rings. The first-order chi connectivity index (χ1) is 8.20. The highest BCUT2D eigenvalue weighted by atomic mass is 32.1. The molecule has 1 aromatic rings. The number of aliphatic hydroxyl groups is 1. The maximum atomic E-state index is 10.8. The predicted molar refractivity (Wildman–Crippen MR) is 66.4 cm³/mol. The molecule has 0 amide bonds. The number of piperidine rings is 1. The van der Waals surface area contributed by atoms with Crippen molar-refractivity contribution < 1.29 is 15.0 Å². The van der Waals surface area contributed by atoms with Gasteiger partial charge in [0.15, 0.2) is 0 Å². The van der Waals surface area contributed by atoms with E-state index in [4.69, 9.17) is 5.11 Å². The quantitative estimate of drug-likeness (QED) is 0.861. The third-order valence-corrected chi connectivity index (χ3v) is 4.25. The fourth-order valence-corrected chi connectivity index (χ4v) is 3.13. The summed E-state index contributed by atoms with van der Waals surface area (Å²) in [6.45, 7) is 1.94. The Kier molecular flexibility index (Phi) is 4.15. The molecule has 1 aromatic heterocycles. The maximum Gasteiger partial charge on any atom is 0.345 e. The van der Waals surface area contributed by atoms with Crippen LogP contribution in [0.1, 0.15) is 33.8 Å². The largest absolute Gasteiger partial charge is 0.477 e. The van der Waals surface area contributed by atoms with E-state index in [1.807, 2.05) is 6.07 Å². The van der Waals surface area contributed by atoms with Crippen LogP contribution in [-0.4, -0.2) is 40.3 Å². The van der Waals surface area contributed by atoms with Gasteiger partial charge in [-0.15, -0.1) is 11.3 Å². The average Bonchev–Trinajstić information content (AvgIpc) is 2.78. The van der Waals surface area contributed by atoms with Crippen molar-refractivity contribution in [2.75, 3.05) is 13.2 Å². The molecule has 17 heavy (non-hydrogen) atoms. The smallest absolute Gasteiger partial charge is 0.345 e. The van der Waals surface area contributed by atoms with Crippen molar-refractivity contribution in [3.05, 3.63) is 21.9 Å². The van der Waals surface area contributed by atoms with Crippen LogP contribution in [0.5, 0.6) is 0 Å². The van der Waals surface area contributed by atoms with Crippen LogP contribution < -0.4 is 0 Å². The van der Waals surface area contributed by atoms with Crippen LogP contribution in [0, 0.1) is 0 Å². The summed E-state index contributed by atoms with van der Waals surface area (Å²) in [6, 6.07) is 3.76. The molecular formula is C12H17NO3S. The zero-order valence-electron chi connectivity index (χ0n) is 9.63. The Labute approximate surface area is 104 Å².